The van der Waals surface area contributed by atoms with Gasteiger partial charge in [-0.3, -0.25) is 18.1 Å². The van der Waals surface area contributed by atoms with Crippen molar-refractivity contribution in [2.45, 2.75) is 33.6 Å². The van der Waals surface area contributed by atoms with Crippen molar-refractivity contribution in [3.8, 4) is 23.3 Å². The molecule has 4 aliphatic heterocycles. The molecule has 51 heavy (non-hydrogen) atoms. The molecule has 0 radical (unpaired) electrons. The maximum Gasteiger partial charge on any atom is 0.257 e. The summed E-state index contributed by atoms with van der Waals surface area (Å²) in [7, 11) is -1.12. The van der Waals surface area contributed by atoms with E-state index < -0.39 is 21.6 Å². The number of rotatable bonds is 5. The molecular formula is C38H48N4O7S2. The molecular weight excluding hydrogens is 689 g/mol. The van der Waals surface area contributed by atoms with Crippen LogP contribution in [0, 0.1) is 0 Å². The van der Waals surface area contributed by atoms with Crippen LogP contribution < -0.4 is 24.3 Å². The number of carbonyl (C=O) groups excluding carboxylic acids is 1. The van der Waals surface area contributed by atoms with Gasteiger partial charge in [-0.15, -0.1) is 0 Å². The number of hydrogen-bond acceptors (Lipinski definition) is 11. The van der Waals surface area contributed by atoms with E-state index in [0.29, 0.717) is 42.0 Å². The molecule has 2 saturated heterocycles. The van der Waals surface area contributed by atoms with Crippen LogP contribution in [0.3, 0.4) is 0 Å². The Morgan fingerprint density at radius 2 is 1.20 bits per heavy atom. The Labute approximate surface area is 306 Å². The van der Waals surface area contributed by atoms with E-state index in [2.05, 4.69) is 44.5 Å². The third-order valence-electron chi connectivity index (χ3n) is 8.25. The molecule has 0 amide bonds. The lowest BCUT2D eigenvalue weighted by molar-refractivity contribution is 0.0850. The predicted octanol–water partition coefficient (Wildman–Crippen LogP) is 5.18. The lowest BCUT2D eigenvalue weighted by atomic mass is 10.1. The van der Waals surface area contributed by atoms with E-state index in [1.54, 1.807) is 30.6 Å². The van der Waals surface area contributed by atoms with E-state index in [0.717, 1.165) is 73.1 Å². The van der Waals surface area contributed by atoms with Gasteiger partial charge in [0.2, 0.25) is 0 Å². The third-order valence-corrected chi connectivity index (χ3v) is 10.8. The molecule has 2 aromatic heterocycles. The summed E-state index contributed by atoms with van der Waals surface area (Å²) in [5.74, 6) is 5.70. The van der Waals surface area contributed by atoms with Crippen LogP contribution in [0.5, 0.6) is 23.3 Å². The van der Waals surface area contributed by atoms with E-state index >= 15 is 0 Å². The maximum atomic E-state index is 11.4. The summed E-state index contributed by atoms with van der Waals surface area (Å²) in [6, 6.07) is 23.1. The number of carbonyl (C=O) groups is 1. The number of pyridine rings is 2. The van der Waals surface area contributed by atoms with Crippen molar-refractivity contribution in [1.82, 2.24) is 20.2 Å². The largest absolute Gasteiger partial charge is 0.484 e. The Morgan fingerprint density at radius 3 is 1.67 bits per heavy atom. The van der Waals surface area contributed by atoms with Crippen molar-refractivity contribution in [1.29, 1.82) is 0 Å². The van der Waals surface area contributed by atoms with Crippen molar-refractivity contribution < 1.29 is 32.2 Å². The first kappa shape index (κ1) is 39.6. The van der Waals surface area contributed by atoms with Crippen molar-refractivity contribution in [3.05, 3.63) is 107 Å². The van der Waals surface area contributed by atoms with Crippen LogP contribution in [0.4, 0.5) is 0 Å². The van der Waals surface area contributed by atoms with Gasteiger partial charge in [0.05, 0.1) is 0 Å². The zero-order chi connectivity index (χ0) is 33.8. The van der Waals surface area contributed by atoms with Crippen LogP contribution >= 0.6 is 0 Å². The van der Waals surface area contributed by atoms with Crippen LogP contribution in [0.25, 0.3) is 0 Å². The molecule has 0 spiro atoms. The zero-order valence-electron chi connectivity index (χ0n) is 27.1. The molecule has 1 N–H and O–H groups in total. The van der Waals surface area contributed by atoms with Gasteiger partial charge in [-0.2, -0.15) is 0 Å². The number of fused-ring (bicyclic) bond motifs is 2. The second-order valence-electron chi connectivity index (χ2n) is 11.7. The fraction of sp³-hybridized carbons (Fsp3) is 0.395. The van der Waals surface area contributed by atoms with E-state index in [1.807, 2.05) is 30.3 Å². The number of hydrogen-bond donors (Lipinski definition) is 1. The van der Waals surface area contributed by atoms with Crippen LogP contribution in [0.15, 0.2) is 85.2 Å². The van der Waals surface area contributed by atoms with Gasteiger partial charge in [-0.25, -0.2) is 9.97 Å². The smallest absolute Gasteiger partial charge is 0.257 e. The molecule has 274 valence electrons. The Hall–Kier alpha value is -4.17. The summed E-state index contributed by atoms with van der Waals surface area (Å²) < 4.78 is 45.0. The minimum atomic E-state index is -0.622. The van der Waals surface area contributed by atoms with Crippen molar-refractivity contribution in [3.63, 3.8) is 0 Å². The molecule has 6 heterocycles. The first-order valence-electron chi connectivity index (χ1n) is 16.3. The lowest BCUT2D eigenvalue weighted by Crippen LogP contribution is -2.37. The van der Waals surface area contributed by atoms with Gasteiger partial charge >= 0.3 is 0 Å². The van der Waals surface area contributed by atoms with Gasteiger partial charge in [-0.1, -0.05) is 63.4 Å². The molecule has 2 atom stereocenters. The highest BCUT2D eigenvalue weighted by atomic mass is 32.2. The predicted molar refractivity (Wildman–Crippen MR) is 202 cm³/mol. The Morgan fingerprint density at radius 1 is 0.706 bits per heavy atom. The average molecular weight is 737 g/mol. The third kappa shape index (κ3) is 11.4. The zero-order valence-corrected chi connectivity index (χ0v) is 28.7. The summed E-state index contributed by atoms with van der Waals surface area (Å²) in [5, 5.41) is 3.12. The highest BCUT2D eigenvalue weighted by molar-refractivity contribution is 7.85. The number of nitrogens with one attached hydrogen (secondary N) is 1. The number of nitrogens with zero attached hydrogens (tertiary/aromatic N) is 3. The molecule has 0 aliphatic carbocycles. The summed E-state index contributed by atoms with van der Waals surface area (Å²) in [6.45, 7) is 5.55. The minimum Gasteiger partial charge on any atom is -0.484 e. The average Bonchev–Trinajstić information content (AvgIpc) is 3.16. The van der Waals surface area contributed by atoms with Crippen molar-refractivity contribution in [2.75, 3.05) is 62.4 Å². The second kappa shape index (κ2) is 20.0. The first-order valence-corrected chi connectivity index (χ1v) is 19.3. The normalized spacial score (nSPS) is 19.7. The molecule has 4 aliphatic rings. The number of ether oxygens (including phenoxy) is 4. The van der Waals surface area contributed by atoms with E-state index in [1.165, 1.54) is 5.56 Å². The van der Waals surface area contributed by atoms with Gasteiger partial charge in [0.1, 0.15) is 19.5 Å². The molecule has 0 bridgehead atoms. The van der Waals surface area contributed by atoms with Gasteiger partial charge in [0, 0.05) is 95.3 Å². The molecule has 0 saturated carbocycles. The summed E-state index contributed by atoms with van der Waals surface area (Å²) >= 11 is 0. The van der Waals surface area contributed by atoms with Crippen LogP contribution in [-0.2, 0) is 28.1 Å². The SMILES string of the molecule is C.C.O=Cc1ccc([C@H]2COc3cccnc3O2)cc1.O=S1CCN(Cc2ccc([C@H]3COc4cccnc4O3)cc2)CC1.O=S1CCNCC1. The van der Waals surface area contributed by atoms with Crippen molar-refractivity contribution >= 4 is 27.9 Å². The molecule has 8 rings (SSSR count). The Kier molecular flexibility index (Phi) is 15.5. The first-order chi connectivity index (χ1) is 24.0. The number of benzene rings is 2. The molecule has 11 nitrogen and oxygen atoms in total. The monoisotopic (exact) mass is 736 g/mol. The van der Waals surface area contributed by atoms with Crippen LogP contribution in [0.1, 0.15) is 54.1 Å². The highest BCUT2D eigenvalue weighted by Gasteiger charge is 2.24. The fourth-order valence-corrected chi connectivity index (χ4v) is 7.54. The van der Waals surface area contributed by atoms with E-state index in [9.17, 15) is 13.2 Å². The Bertz CT molecular complexity index is 1710. The number of aromatic nitrogens is 2. The van der Waals surface area contributed by atoms with Gasteiger partial charge in [0.15, 0.2) is 23.7 Å². The van der Waals surface area contributed by atoms with Gasteiger partial charge < -0.3 is 24.3 Å². The van der Waals surface area contributed by atoms with Gasteiger partial charge in [-0.05, 0) is 41.0 Å². The lowest BCUT2D eigenvalue weighted by Gasteiger charge is -2.27. The highest BCUT2D eigenvalue weighted by Crippen LogP contribution is 2.35. The van der Waals surface area contributed by atoms with E-state index in [4.69, 9.17) is 18.9 Å². The maximum absolute atomic E-state index is 11.4. The fourth-order valence-electron chi connectivity index (χ4n) is 5.46. The molecule has 2 aromatic carbocycles. The standard InChI is InChI=1S/C18H20N2O3S.C14H11NO3.C4H9NOS.2CH4/c21-24-10-8-20(9-11-24)12-14-3-5-15(6-4-14)17-13-22-16-2-1-7-19-18(16)23-17;16-8-10-3-5-11(6-4-10)13-9-17-12-2-1-7-15-14(12)18-13;6-7-3-1-5-2-4-7;;/h1-7,17H,8-13H2;1-8,13H,9H2;5H,1-4H2;2*1H4/t17-;13-;;;/m11.../s1. The topological polar surface area (TPSA) is 129 Å². The molecule has 4 aromatic rings. The molecule has 0 unspecified atom stereocenters. The molecule has 2 fully saturated rings. The second-order valence-corrected chi connectivity index (χ2v) is 15.1. The summed E-state index contributed by atoms with van der Waals surface area (Å²) in [6.07, 6.45) is 3.88. The van der Waals surface area contributed by atoms with Crippen LogP contribution in [0.2, 0.25) is 0 Å². The summed E-state index contributed by atoms with van der Waals surface area (Å²) in [5.41, 5.74) is 3.97. The molecule has 13 heteroatoms. The Balaban J connectivity index is 0.000000191. The number of aldehydes is 1. The van der Waals surface area contributed by atoms with Gasteiger partial charge in [0.25, 0.3) is 11.8 Å². The summed E-state index contributed by atoms with van der Waals surface area (Å²) in [4.78, 5) is 21.3. The quantitative estimate of drug-likeness (QED) is 0.273. The minimum absolute atomic E-state index is 0. The van der Waals surface area contributed by atoms with Crippen LogP contribution in [-0.4, -0.2) is 92.0 Å². The van der Waals surface area contributed by atoms with E-state index in [-0.39, 0.29) is 27.1 Å². The van der Waals surface area contributed by atoms with Crippen molar-refractivity contribution in [2.24, 2.45) is 0 Å².